The maximum Gasteiger partial charge on any atom is 0.247 e. The second-order valence-corrected chi connectivity index (χ2v) is 5.48. The van der Waals surface area contributed by atoms with E-state index < -0.39 is 0 Å². The van der Waals surface area contributed by atoms with Crippen molar-refractivity contribution in [1.29, 1.82) is 0 Å². The largest absolute Gasteiger partial charge is 0.494 e. The number of carbonyl (C=O) groups is 1. The zero-order valence-corrected chi connectivity index (χ0v) is 14.0. The summed E-state index contributed by atoms with van der Waals surface area (Å²) >= 11 is 0. The van der Waals surface area contributed by atoms with E-state index in [-0.39, 0.29) is 5.91 Å². The van der Waals surface area contributed by atoms with Crippen LogP contribution in [0, 0.1) is 0 Å². The van der Waals surface area contributed by atoms with Crippen molar-refractivity contribution in [2.75, 3.05) is 17.2 Å². The van der Waals surface area contributed by atoms with Crippen molar-refractivity contribution in [2.24, 2.45) is 0 Å². The molecule has 0 saturated carbocycles. The van der Waals surface area contributed by atoms with Gasteiger partial charge in [-0.2, -0.15) is 0 Å². The van der Waals surface area contributed by atoms with E-state index in [0.717, 1.165) is 35.8 Å². The highest BCUT2D eigenvalue weighted by Crippen LogP contribution is 2.23. The summed E-state index contributed by atoms with van der Waals surface area (Å²) in [6.45, 7) is 6.36. The van der Waals surface area contributed by atoms with Crippen molar-refractivity contribution in [3.05, 3.63) is 61.2 Å². The van der Waals surface area contributed by atoms with Gasteiger partial charge in [-0.1, -0.05) is 38.5 Å². The van der Waals surface area contributed by atoms with Gasteiger partial charge in [0.25, 0.3) is 0 Å². The van der Waals surface area contributed by atoms with E-state index in [1.54, 1.807) is 0 Å². The molecule has 0 bridgehead atoms. The van der Waals surface area contributed by atoms with Gasteiger partial charge in [0.15, 0.2) is 0 Å². The minimum atomic E-state index is -0.227. The Kier molecular flexibility index (Phi) is 6.90. The molecule has 2 aromatic carbocycles. The third kappa shape index (κ3) is 5.80. The Balaban J connectivity index is 1.99. The molecule has 4 heteroatoms. The average Bonchev–Trinajstić information content (AvgIpc) is 2.59. The molecule has 24 heavy (non-hydrogen) atoms. The molecule has 0 fully saturated rings. The molecule has 0 unspecified atom stereocenters. The van der Waals surface area contributed by atoms with Crippen LogP contribution in [0.4, 0.5) is 17.1 Å². The van der Waals surface area contributed by atoms with Gasteiger partial charge >= 0.3 is 0 Å². The van der Waals surface area contributed by atoms with Gasteiger partial charge in [0.2, 0.25) is 5.91 Å². The number of unbranched alkanes of at least 4 members (excludes halogenated alkanes) is 2. The van der Waals surface area contributed by atoms with Crippen LogP contribution in [-0.2, 0) is 4.79 Å². The number of rotatable bonds is 9. The fourth-order valence-corrected chi connectivity index (χ4v) is 2.24. The van der Waals surface area contributed by atoms with Crippen molar-refractivity contribution < 1.29 is 9.53 Å². The lowest BCUT2D eigenvalue weighted by atomic mass is 10.2. The number of anilines is 3. The number of ether oxygens (including phenoxy) is 1. The molecule has 0 atom stereocenters. The fourth-order valence-electron chi connectivity index (χ4n) is 2.24. The lowest BCUT2D eigenvalue weighted by Gasteiger charge is -2.11. The second-order valence-electron chi connectivity index (χ2n) is 5.48. The number of nitrogens with one attached hydrogen (secondary N) is 2. The van der Waals surface area contributed by atoms with Gasteiger partial charge in [0.1, 0.15) is 5.75 Å². The Hall–Kier alpha value is -2.75. The van der Waals surface area contributed by atoms with Crippen LogP contribution in [-0.4, -0.2) is 12.5 Å². The standard InChI is InChI=1S/C20H24N2O2/c1-3-5-6-13-24-19-12-8-11-18(15-19)21-16-9-7-10-17(14-16)22-20(23)4-2/h4,7-12,14-15,21H,2-3,5-6,13H2,1H3,(H,22,23). The SMILES string of the molecule is C=CC(=O)Nc1cccc(Nc2cccc(OCCCCC)c2)c1. The van der Waals surface area contributed by atoms with Crippen molar-refractivity contribution >= 4 is 23.0 Å². The van der Waals surface area contributed by atoms with Gasteiger partial charge < -0.3 is 15.4 Å². The van der Waals surface area contributed by atoms with E-state index in [2.05, 4.69) is 24.1 Å². The van der Waals surface area contributed by atoms with E-state index >= 15 is 0 Å². The molecule has 0 spiro atoms. The summed E-state index contributed by atoms with van der Waals surface area (Å²) in [5.74, 6) is 0.627. The summed E-state index contributed by atoms with van der Waals surface area (Å²) < 4.78 is 5.77. The van der Waals surface area contributed by atoms with Gasteiger partial charge in [-0.25, -0.2) is 0 Å². The van der Waals surface area contributed by atoms with Crippen molar-refractivity contribution in [2.45, 2.75) is 26.2 Å². The monoisotopic (exact) mass is 324 g/mol. The first kappa shape index (κ1) is 17.6. The molecular formula is C20H24N2O2. The normalized spacial score (nSPS) is 10.0. The second kappa shape index (κ2) is 9.40. The van der Waals surface area contributed by atoms with E-state index in [9.17, 15) is 4.79 Å². The highest BCUT2D eigenvalue weighted by molar-refractivity contribution is 5.99. The van der Waals surface area contributed by atoms with E-state index in [0.29, 0.717) is 0 Å². The van der Waals surface area contributed by atoms with Gasteiger partial charge in [0.05, 0.1) is 6.61 Å². The minimum Gasteiger partial charge on any atom is -0.494 e. The number of hydrogen-bond donors (Lipinski definition) is 2. The fraction of sp³-hybridized carbons (Fsp3) is 0.250. The van der Waals surface area contributed by atoms with Crippen LogP contribution >= 0.6 is 0 Å². The first-order chi connectivity index (χ1) is 11.7. The third-order valence-corrected chi connectivity index (χ3v) is 3.45. The molecule has 2 rings (SSSR count). The van der Waals surface area contributed by atoms with Crippen LogP contribution in [0.3, 0.4) is 0 Å². The molecule has 0 saturated heterocycles. The number of benzene rings is 2. The summed E-state index contributed by atoms with van der Waals surface area (Å²) in [7, 11) is 0. The summed E-state index contributed by atoms with van der Waals surface area (Å²) in [6, 6.07) is 15.4. The van der Waals surface area contributed by atoms with Crippen LogP contribution in [0.25, 0.3) is 0 Å². The summed E-state index contributed by atoms with van der Waals surface area (Å²) in [6.07, 6.45) is 4.68. The van der Waals surface area contributed by atoms with Crippen molar-refractivity contribution in [3.63, 3.8) is 0 Å². The number of hydrogen-bond acceptors (Lipinski definition) is 3. The van der Waals surface area contributed by atoms with Crippen LogP contribution < -0.4 is 15.4 Å². The van der Waals surface area contributed by atoms with Crippen molar-refractivity contribution in [1.82, 2.24) is 0 Å². The number of amides is 1. The quantitative estimate of drug-likeness (QED) is 0.497. The van der Waals surface area contributed by atoms with Gasteiger partial charge in [0, 0.05) is 23.1 Å². The molecule has 1 amide bonds. The molecule has 0 aromatic heterocycles. The molecular weight excluding hydrogens is 300 g/mol. The highest BCUT2D eigenvalue weighted by atomic mass is 16.5. The first-order valence-electron chi connectivity index (χ1n) is 8.24. The van der Waals surface area contributed by atoms with Crippen molar-refractivity contribution in [3.8, 4) is 5.75 Å². The van der Waals surface area contributed by atoms with Gasteiger partial charge in [-0.3, -0.25) is 4.79 Å². The Morgan fingerprint density at radius 3 is 2.54 bits per heavy atom. The van der Waals surface area contributed by atoms with Crippen LogP contribution in [0.5, 0.6) is 5.75 Å². The van der Waals surface area contributed by atoms with Crippen LogP contribution in [0.1, 0.15) is 26.2 Å². The lowest BCUT2D eigenvalue weighted by Crippen LogP contribution is -2.07. The summed E-state index contributed by atoms with van der Waals surface area (Å²) in [5, 5.41) is 6.07. The molecule has 0 aliphatic carbocycles. The molecule has 4 nitrogen and oxygen atoms in total. The predicted octanol–water partition coefficient (Wildman–Crippen LogP) is 5.12. The minimum absolute atomic E-state index is 0.227. The Morgan fingerprint density at radius 1 is 1.08 bits per heavy atom. The molecule has 2 aromatic rings. The van der Waals surface area contributed by atoms with E-state index in [1.807, 2.05) is 48.5 Å². The number of carbonyl (C=O) groups excluding carboxylic acids is 1. The molecule has 0 aliphatic heterocycles. The smallest absolute Gasteiger partial charge is 0.247 e. The maximum absolute atomic E-state index is 11.4. The average molecular weight is 324 g/mol. The molecule has 0 heterocycles. The Bertz CT molecular complexity index is 683. The zero-order chi connectivity index (χ0) is 17.2. The predicted molar refractivity (Wildman–Crippen MR) is 100 cm³/mol. The van der Waals surface area contributed by atoms with Gasteiger partial charge in [-0.15, -0.1) is 0 Å². The zero-order valence-electron chi connectivity index (χ0n) is 14.0. The van der Waals surface area contributed by atoms with Crippen LogP contribution in [0.2, 0.25) is 0 Å². The van der Waals surface area contributed by atoms with E-state index in [4.69, 9.17) is 4.74 Å². The lowest BCUT2D eigenvalue weighted by molar-refractivity contribution is -0.111. The summed E-state index contributed by atoms with van der Waals surface area (Å²) in [4.78, 5) is 11.4. The van der Waals surface area contributed by atoms with E-state index in [1.165, 1.54) is 18.9 Å². The highest BCUT2D eigenvalue weighted by Gasteiger charge is 2.01. The topological polar surface area (TPSA) is 50.4 Å². The Labute approximate surface area is 143 Å². The molecule has 2 N–H and O–H groups in total. The third-order valence-electron chi connectivity index (χ3n) is 3.45. The van der Waals surface area contributed by atoms with Crippen LogP contribution in [0.15, 0.2) is 61.2 Å². The first-order valence-corrected chi connectivity index (χ1v) is 8.24. The summed E-state index contributed by atoms with van der Waals surface area (Å²) in [5.41, 5.74) is 2.55. The molecule has 0 radical (unpaired) electrons. The van der Waals surface area contributed by atoms with Gasteiger partial charge in [-0.05, 0) is 42.8 Å². The molecule has 0 aliphatic rings. The maximum atomic E-state index is 11.4. The molecule has 126 valence electrons. The Morgan fingerprint density at radius 2 is 1.79 bits per heavy atom.